The predicted molar refractivity (Wildman–Crippen MR) is 136 cm³/mol. The molecule has 2 heterocycles. The fourth-order valence-corrected chi connectivity index (χ4v) is 4.86. The lowest BCUT2D eigenvalue weighted by atomic mass is 10.2. The maximum atomic E-state index is 12.5. The number of para-hydroxylation sites is 1. The molecule has 2 N–H and O–H groups in total. The molecule has 1 aliphatic heterocycles. The molecule has 4 aromatic rings. The van der Waals surface area contributed by atoms with Gasteiger partial charge in [0.25, 0.3) is 5.91 Å². The van der Waals surface area contributed by atoms with Crippen molar-refractivity contribution in [2.24, 2.45) is 0 Å². The number of aromatic nitrogens is 1. The first-order valence-electron chi connectivity index (χ1n) is 11.4. The van der Waals surface area contributed by atoms with Gasteiger partial charge in [-0.15, -0.1) is 11.8 Å². The summed E-state index contributed by atoms with van der Waals surface area (Å²) in [5.74, 6) is 1.62. The third-order valence-corrected chi connectivity index (χ3v) is 6.75. The van der Waals surface area contributed by atoms with Crippen LogP contribution in [0.5, 0.6) is 11.5 Å². The average Bonchev–Trinajstić information content (AvgIpc) is 3.51. The lowest BCUT2D eigenvalue weighted by Crippen LogP contribution is -2.27. The Kier molecular flexibility index (Phi) is 6.90. The smallest absolute Gasteiger partial charge is 0.251 e. The van der Waals surface area contributed by atoms with Crippen LogP contribution < -0.4 is 20.1 Å². The summed E-state index contributed by atoms with van der Waals surface area (Å²) in [6.45, 7) is 1.80. The fraction of sp³-hybridized carbons (Fsp3) is 0.185. The van der Waals surface area contributed by atoms with Gasteiger partial charge in [-0.1, -0.05) is 42.5 Å². The van der Waals surface area contributed by atoms with E-state index in [-0.39, 0.29) is 18.6 Å². The third-order valence-electron chi connectivity index (χ3n) is 5.71. The number of hydrogen-bond donors (Lipinski definition) is 2. The van der Waals surface area contributed by atoms with Crippen LogP contribution in [-0.4, -0.2) is 35.5 Å². The summed E-state index contributed by atoms with van der Waals surface area (Å²) in [6, 6.07) is 23.0. The number of carbonyl (C=O) groups excluding carboxylic acids is 2. The number of ether oxygens (including phenoxy) is 2. The summed E-state index contributed by atoms with van der Waals surface area (Å²) in [5.41, 5.74) is 2.68. The van der Waals surface area contributed by atoms with Crippen LogP contribution in [-0.2, 0) is 17.9 Å². The molecule has 7 nitrogen and oxygen atoms in total. The molecule has 35 heavy (non-hydrogen) atoms. The molecule has 0 atom stereocenters. The van der Waals surface area contributed by atoms with E-state index in [1.807, 2.05) is 48.5 Å². The standard InChI is InChI=1S/C27H25N3O4S/c31-26(29-15-19-10-11-23-24(14-19)34-18-33-23)17-35-25-16-30(22-9-5-4-8-21(22)25)13-12-28-27(32)20-6-2-1-3-7-20/h1-11,14,16H,12-13,15,17-18H2,(H,28,32)(H,29,31). The zero-order valence-corrected chi connectivity index (χ0v) is 19.8. The van der Waals surface area contributed by atoms with Crippen molar-refractivity contribution in [1.82, 2.24) is 15.2 Å². The highest BCUT2D eigenvalue weighted by Gasteiger charge is 2.14. The zero-order valence-electron chi connectivity index (χ0n) is 19.0. The van der Waals surface area contributed by atoms with Gasteiger partial charge < -0.3 is 24.7 Å². The monoisotopic (exact) mass is 487 g/mol. The second kappa shape index (κ2) is 10.6. The molecule has 178 valence electrons. The molecular formula is C27H25N3O4S. The minimum absolute atomic E-state index is 0.0420. The van der Waals surface area contributed by atoms with Gasteiger partial charge in [0.2, 0.25) is 12.7 Å². The highest BCUT2D eigenvalue weighted by atomic mass is 32.2. The van der Waals surface area contributed by atoms with Gasteiger partial charge in [-0.25, -0.2) is 0 Å². The van der Waals surface area contributed by atoms with E-state index in [4.69, 9.17) is 9.47 Å². The molecule has 0 aliphatic carbocycles. The van der Waals surface area contributed by atoms with Crippen LogP contribution in [0.3, 0.4) is 0 Å². The van der Waals surface area contributed by atoms with Crippen molar-refractivity contribution < 1.29 is 19.1 Å². The number of amides is 2. The SMILES string of the molecule is O=C(CSc1cn(CCNC(=O)c2ccccc2)c2ccccc12)NCc1ccc2c(c1)OCO2. The Bertz CT molecular complexity index is 1350. The molecule has 0 unspecified atom stereocenters. The van der Waals surface area contributed by atoms with Crippen LogP contribution in [0.15, 0.2) is 83.9 Å². The summed E-state index contributed by atoms with van der Waals surface area (Å²) < 4.78 is 12.8. The topological polar surface area (TPSA) is 81.6 Å². The van der Waals surface area contributed by atoms with E-state index in [9.17, 15) is 9.59 Å². The van der Waals surface area contributed by atoms with Crippen molar-refractivity contribution >= 4 is 34.5 Å². The van der Waals surface area contributed by atoms with Crippen molar-refractivity contribution in [2.75, 3.05) is 19.1 Å². The Hall–Kier alpha value is -3.91. The molecule has 0 radical (unpaired) electrons. The van der Waals surface area contributed by atoms with E-state index in [2.05, 4.69) is 33.5 Å². The van der Waals surface area contributed by atoms with Gasteiger partial charge in [0.15, 0.2) is 11.5 Å². The number of nitrogens with zero attached hydrogens (tertiary/aromatic N) is 1. The Balaban J connectivity index is 1.16. The quantitative estimate of drug-likeness (QED) is 0.346. The molecule has 0 fully saturated rings. The largest absolute Gasteiger partial charge is 0.454 e. The Morgan fingerprint density at radius 3 is 2.60 bits per heavy atom. The van der Waals surface area contributed by atoms with Gasteiger partial charge in [0.1, 0.15) is 0 Å². The van der Waals surface area contributed by atoms with Gasteiger partial charge in [-0.3, -0.25) is 9.59 Å². The van der Waals surface area contributed by atoms with E-state index >= 15 is 0 Å². The van der Waals surface area contributed by atoms with Gasteiger partial charge in [-0.2, -0.15) is 0 Å². The highest BCUT2D eigenvalue weighted by molar-refractivity contribution is 8.00. The van der Waals surface area contributed by atoms with Crippen molar-refractivity contribution in [3.05, 3.63) is 90.1 Å². The summed E-state index contributed by atoms with van der Waals surface area (Å²) >= 11 is 1.51. The molecule has 0 saturated carbocycles. The molecule has 0 spiro atoms. The summed E-state index contributed by atoms with van der Waals surface area (Å²) in [4.78, 5) is 25.9. The maximum Gasteiger partial charge on any atom is 0.251 e. The van der Waals surface area contributed by atoms with E-state index in [0.717, 1.165) is 27.1 Å². The van der Waals surface area contributed by atoms with Gasteiger partial charge in [-0.05, 0) is 35.9 Å². The molecule has 3 aromatic carbocycles. The number of rotatable bonds is 9. The fourth-order valence-electron chi connectivity index (χ4n) is 3.94. The number of thioether (sulfide) groups is 1. The average molecular weight is 488 g/mol. The first-order valence-corrected chi connectivity index (χ1v) is 12.3. The van der Waals surface area contributed by atoms with Crippen molar-refractivity contribution in [1.29, 1.82) is 0 Å². The zero-order chi connectivity index (χ0) is 24.0. The molecule has 0 bridgehead atoms. The van der Waals surface area contributed by atoms with Gasteiger partial charge in [0, 0.05) is 47.2 Å². The van der Waals surface area contributed by atoms with Crippen molar-refractivity contribution in [3.63, 3.8) is 0 Å². The van der Waals surface area contributed by atoms with Gasteiger partial charge in [0.05, 0.1) is 5.75 Å². The maximum absolute atomic E-state index is 12.5. The Morgan fingerprint density at radius 1 is 0.914 bits per heavy atom. The van der Waals surface area contributed by atoms with Crippen LogP contribution in [0.1, 0.15) is 15.9 Å². The summed E-state index contributed by atoms with van der Waals surface area (Å²) in [5, 5.41) is 7.03. The van der Waals surface area contributed by atoms with E-state index in [1.54, 1.807) is 12.1 Å². The molecule has 5 rings (SSSR count). The minimum Gasteiger partial charge on any atom is -0.454 e. The normalized spacial score (nSPS) is 12.0. The van der Waals surface area contributed by atoms with Crippen LogP contribution in [0, 0.1) is 0 Å². The molecule has 2 amide bonds. The number of carbonyl (C=O) groups is 2. The molecule has 8 heteroatoms. The van der Waals surface area contributed by atoms with E-state index in [0.29, 0.717) is 36.7 Å². The lowest BCUT2D eigenvalue weighted by molar-refractivity contribution is -0.118. The molecular weight excluding hydrogens is 462 g/mol. The summed E-state index contributed by atoms with van der Waals surface area (Å²) in [6.07, 6.45) is 2.05. The van der Waals surface area contributed by atoms with Crippen LogP contribution in [0.25, 0.3) is 10.9 Å². The lowest BCUT2D eigenvalue weighted by Gasteiger charge is -2.07. The van der Waals surface area contributed by atoms with Crippen LogP contribution >= 0.6 is 11.8 Å². The number of fused-ring (bicyclic) bond motifs is 2. The minimum atomic E-state index is -0.0872. The highest BCUT2D eigenvalue weighted by Crippen LogP contribution is 2.32. The number of benzene rings is 3. The second-order valence-corrected chi connectivity index (χ2v) is 9.10. The molecule has 1 aliphatic rings. The molecule has 1 aromatic heterocycles. The van der Waals surface area contributed by atoms with E-state index in [1.165, 1.54) is 11.8 Å². The van der Waals surface area contributed by atoms with Crippen LogP contribution in [0.4, 0.5) is 0 Å². The number of hydrogen-bond acceptors (Lipinski definition) is 5. The predicted octanol–water partition coefficient (Wildman–Crippen LogP) is 4.21. The van der Waals surface area contributed by atoms with Crippen molar-refractivity contribution in [3.8, 4) is 11.5 Å². The van der Waals surface area contributed by atoms with Crippen molar-refractivity contribution in [2.45, 2.75) is 18.0 Å². The van der Waals surface area contributed by atoms with Crippen LogP contribution in [0.2, 0.25) is 0 Å². The Morgan fingerprint density at radius 2 is 1.71 bits per heavy atom. The van der Waals surface area contributed by atoms with Gasteiger partial charge >= 0.3 is 0 Å². The van der Waals surface area contributed by atoms with E-state index < -0.39 is 0 Å². The summed E-state index contributed by atoms with van der Waals surface area (Å²) in [7, 11) is 0. The second-order valence-electron chi connectivity index (χ2n) is 8.08. The molecule has 0 saturated heterocycles. The first kappa shape index (κ1) is 22.9. The Labute approximate surface area is 207 Å². The first-order chi connectivity index (χ1) is 17.2. The number of nitrogens with one attached hydrogen (secondary N) is 2. The third kappa shape index (κ3) is 5.44.